The first-order valence-corrected chi connectivity index (χ1v) is 7.71. The van der Waals surface area contributed by atoms with Crippen molar-refractivity contribution in [3.05, 3.63) is 23.8 Å². The molecule has 1 saturated heterocycles. The van der Waals surface area contributed by atoms with E-state index in [-0.39, 0.29) is 5.75 Å². The Kier molecular flexibility index (Phi) is 4.13. The third kappa shape index (κ3) is 2.63. The molecule has 0 spiro atoms. The molecule has 2 aliphatic rings. The molecule has 110 valence electrons. The van der Waals surface area contributed by atoms with E-state index in [2.05, 4.69) is 17.1 Å². The van der Waals surface area contributed by atoms with Crippen molar-refractivity contribution in [3.63, 3.8) is 0 Å². The summed E-state index contributed by atoms with van der Waals surface area (Å²) >= 11 is 0. The molecule has 4 nitrogen and oxygen atoms in total. The van der Waals surface area contributed by atoms with Crippen molar-refractivity contribution >= 4 is 0 Å². The van der Waals surface area contributed by atoms with Crippen LogP contribution >= 0.6 is 0 Å². The zero-order chi connectivity index (χ0) is 13.9. The Morgan fingerprint density at radius 3 is 3.10 bits per heavy atom. The van der Waals surface area contributed by atoms with E-state index in [0.717, 1.165) is 31.8 Å². The molecule has 4 heteroatoms. The van der Waals surface area contributed by atoms with Gasteiger partial charge in [-0.2, -0.15) is 0 Å². The summed E-state index contributed by atoms with van der Waals surface area (Å²) in [6.45, 7) is 6.25. The minimum absolute atomic E-state index is 0.283. The maximum atomic E-state index is 9.57. The number of nitrogens with zero attached hydrogens (tertiary/aromatic N) is 1. The summed E-state index contributed by atoms with van der Waals surface area (Å²) in [4.78, 5) is 2.59. The average Bonchev–Trinajstić information content (AvgIpc) is 2.88. The van der Waals surface area contributed by atoms with Gasteiger partial charge in [-0.3, -0.25) is 4.90 Å². The number of ether oxygens (including phenoxy) is 1. The van der Waals surface area contributed by atoms with Gasteiger partial charge in [-0.25, -0.2) is 0 Å². The number of phenols is 1. The third-order valence-corrected chi connectivity index (χ3v) is 4.37. The predicted molar refractivity (Wildman–Crippen MR) is 79.2 cm³/mol. The fourth-order valence-corrected chi connectivity index (χ4v) is 3.42. The van der Waals surface area contributed by atoms with Gasteiger partial charge in [0.2, 0.25) is 0 Å². The summed E-state index contributed by atoms with van der Waals surface area (Å²) < 4.78 is 5.79. The smallest absolute Gasteiger partial charge is 0.127 e. The van der Waals surface area contributed by atoms with Crippen molar-refractivity contribution in [2.24, 2.45) is 0 Å². The molecule has 20 heavy (non-hydrogen) atoms. The number of hydrogen-bond donors (Lipinski definition) is 2. The van der Waals surface area contributed by atoms with Gasteiger partial charge in [0.15, 0.2) is 0 Å². The van der Waals surface area contributed by atoms with Crippen molar-refractivity contribution < 1.29 is 9.84 Å². The van der Waals surface area contributed by atoms with E-state index in [9.17, 15) is 5.11 Å². The highest BCUT2D eigenvalue weighted by molar-refractivity contribution is 5.44. The molecule has 1 aromatic carbocycles. The van der Waals surface area contributed by atoms with Crippen molar-refractivity contribution in [3.8, 4) is 11.5 Å². The fourth-order valence-electron chi connectivity index (χ4n) is 3.42. The molecule has 2 heterocycles. The second-order valence-corrected chi connectivity index (χ2v) is 5.79. The molecule has 0 radical (unpaired) electrons. The number of aromatic hydroxyl groups is 1. The van der Waals surface area contributed by atoms with Gasteiger partial charge in [0.1, 0.15) is 18.1 Å². The molecule has 0 amide bonds. The van der Waals surface area contributed by atoms with Gasteiger partial charge in [-0.1, -0.05) is 6.92 Å². The first-order chi connectivity index (χ1) is 9.79. The SMILES string of the molecule is CCCN(C1CCCNC1)C1COc2cc(O)ccc21. The maximum Gasteiger partial charge on any atom is 0.127 e. The van der Waals surface area contributed by atoms with E-state index < -0.39 is 0 Å². The van der Waals surface area contributed by atoms with Crippen LogP contribution in [0, 0.1) is 0 Å². The largest absolute Gasteiger partial charge is 0.508 e. The Balaban J connectivity index is 1.82. The lowest BCUT2D eigenvalue weighted by Gasteiger charge is -2.38. The van der Waals surface area contributed by atoms with Gasteiger partial charge in [0, 0.05) is 24.2 Å². The second-order valence-electron chi connectivity index (χ2n) is 5.79. The summed E-state index contributed by atoms with van der Waals surface area (Å²) in [7, 11) is 0. The van der Waals surface area contributed by atoms with Crippen molar-refractivity contribution in [1.29, 1.82) is 0 Å². The zero-order valence-electron chi connectivity index (χ0n) is 12.1. The summed E-state index contributed by atoms with van der Waals surface area (Å²) in [6, 6.07) is 6.44. The lowest BCUT2D eigenvalue weighted by atomic mass is 10.00. The van der Waals surface area contributed by atoms with Crippen LogP contribution in [0.2, 0.25) is 0 Å². The monoisotopic (exact) mass is 276 g/mol. The van der Waals surface area contributed by atoms with Gasteiger partial charge in [0.05, 0.1) is 6.04 Å². The summed E-state index contributed by atoms with van der Waals surface area (Å²) in [5.74, 6) is 1.13. The first-order valence-electron chi connectivity index (χ1n) is 7.71. The molecule has 0 aromatic heterocycles. The van der Waals surface area contributed by atoms with Crippen LogP contribution in [0.15, 0.2) is 18.2 Å². The van der Waals surface area contributed by atoms with Crippen molar-refractivity contribution in [2.75, 3.05) is 26.2 Å². The molecule has 1 fully saturated rings. The van der Waals surface area contributed by atoms with E-state index in [1.54, 1.807) is 12.1 Å². The topological polar surface area (TPSA) is 44.7 Å². The van der Waals surface area contributed by atoms with E-state index in [4.69, 9.17) is 4.74 Å². The van der Waals surface area contributed by atoms with Crippen molar-refractivity contribution in [2.45, 2.75) is 38.3 Å². The highest BCUT2D eigenvalue weighted by Crippen LogP contribution is 2.39. The predicted octanol–water partition coefficient (Wildman–Crippen LogP) is 2.29. The van der Waals surface area contributed by atoms with Crippen molar-refractivity contribution in [1.82, 2.24) is 10.2 Å². The molecule has 0 aliphatic carbocycles. The number of hydrogen-bond acceptors (Lipinski definition) is 4. The van der Waals surface area contributed by atoms with Gasteiger partial charge < -0.3 is 15.2 Å². The Labute approximate surface area is 120 Å². The molecule has 0 saturated carbocycles. The minimum atomic E-state index is 0.283. The molecule has 1 aromatic rings. The molecule has 2 aliphatic heterocycles. The lowest BCUT2D eigenvalue weighted by Crippen LogP contribution is -2.48. The van der Waals surface area contributed by atoms with E-state index in [1.807, 2.05) is 6.07 Å². The minimum Gasteiger partial charge on any atom is -0.508 e. The van der Waals surface area contributed by atoms with E-state index >= 15 is 0 Å². The number of benzene rings is 1. The normalized spacial score (nSPS) is 25.5. The number of fused-ring (bicyclic) bond motifs is 1. The Hall–Kier alpha value is -1.26. The van der Waals surface area contributed by atoms with Gasteiger partial charge in [-0.05, 0) is 44.5 Å². The summed E-state index contributed by atoms with van der Waals surface area (Å²) in [5, 5.41) is 13.1. The molecular weight excluding hydrogens is 252 g/mol. The van der Waals surface area contributed by atoms with E-state index in [1.165, 1.54) is 18.4 Å². The number of nitrogens with one attached hydrogen (secondary N) is 1. The molecule has 2 atom stereocenters. The van der Waals surface area contributed by atoms with E-state index in [0.29, 0.717) is 18.7 Å². The van der Waals surface area contributed by atoms with Crippen LogP contribution in [0.1, 0.15) is 37.8 Å². The Bertz CT molecular complexity index is 458. The molecular formula is C16H24N2O2. The number of piperidine rings is 1. The molecule has 0 bridgehead atoms. The number of rotatable bonds is 4. The maximum absolute atomic E-state index is 9.57. The number of phenolic OH excluding ortho intramolecular Hbond substituents is 1. The van der Waals surface area contributed by atoms with Crippen LogP contribution < -0.4 is 10.1 Å². The third-order valence-electron chi connectivity index (χ3n) is 4.37. The zero-order valence-corrected chi connectivity index (χ0v) is 12.1. The highest BCUT2D eigenvalue weighted by Gasteiger charge is 2.33. The first kappa shape index (κ1) is 13.7. The lowest BCUT2D eigenvalue weighted by molar-refractivity contribution is 0.0951. The molecule has 3 rings (SSSR count). The van der Waals surface area contributed by atoms with Gasteiger partial charge in [0.25, 0.3) is 0 Å². The van der Waals surface area contributed by atoms with Gasteiger partial charge in [-0.15, -0.1) is 0 Å². The van der Waals surface area contributed by atoms with Crippen LogP contribution in [0.25, 0.3) is 0 Å². The fraction of sp³-hybridized carbons (Fsp3) is 0.625. The quantitative estimate of drug-likeness (QED) is 0.885. The summed E-state index contributed by atoms with van der Waals surface area (Å²) in [5.41, 5.74) is 1.22. The van der Waals surface area contributed by atoms with Crippen LogP contribution in [-0.2, 0) is 0 Å². The molecule has 2 unspecified atom stereocenters. The average molecular weight is 276 g/mol. The van der Waals surface area contributed by atoms with Gasteiger partial charge >= 0.3 is 0 Å². The standard InChI is InChI=1S/C16H24N2O2/c1-2-8-18(12-4-3-7-17-10-12)15-11-20-16-9-13(19)5-6-14(15)16/h5-6,9,12,15,17,19H,2-4,7-8,10-11H2,1H3. The summed E-state index contributed by atoms with van der Waals surface area (Å²) in [6.07, 6.45) is 3.66. The highest BCUT2D eigenvalue weighted by atomic mass is 16.5. The van der Waals surface area contributed by atoms with Crippen LogP contribution in [0.3, 0.4) is 0 Å². The van der Waals surface area contributed by atoms with Crippen LogP contribution in [0.5, 0.6) is 11.5 Å². The van der Waals surface area contributed by atoms with Crippen LogP contribution in [0.4, 0.5) is 0 Å². The van der Waals surface area contributed by atoms with Crippen LogP contribution in [-0.4, -0.2) is 42.3 Å². The Morgan fingerprint density at radius 1 is 1.45 bits per heavy atom. The molecule has 2 N–H and O–H groups in total. The Morgan fingerprint density at radius 2 is 2.35 bits per heavy atom. The second kappa shape index (κ2) is 6.02.